The smallest absolute Gasteiger partial charge is 0.328 e. The van der Waals surface area contributed by atoms with Gasteiger partial charge >= 0.3 is 23.9 Å². The average Bonchev–Trinajstić information content (AvgIpc) is 2.95. The first-order valence-corrected chi connectivity index (χ1v) is 12.4. The molecule has 0 fully saturated rings. The summed E-state index contributed by atoms with van der Waals surface area (Å²) in [5.41, 5.74) is 2.19. The summed E-state index contributed by atoms with van der Waals surface area (Å²) in [5, 5.41) is 77.7. The zero-order valence-electron chi connectivity index (χ0n) is 24.3. The highest BCUT2D eigenvalue weighted by Gasteiger charge is 2.08. The minimum atomic E-state index is -1.50. The van der Waals surface area contributed by atoms with Crippen molar-refractivity contribution in [3.8, 4) is 0 Å². The Morgan fingerprint density at radius 2 is 1.13 bits per heavy atom. The van der Waals surface area contributed by atoms with Crippen molar-refractivity contribution in [2.75, 3.05) is 51.3 Å². The Hall–Kier alpha value is -5.93. The molecule has 8 N–H and O–H groups in total. The Bertz CT molecular complexity index is 1190. The van der Waals surface area contributed by atoms with Gasteiger partial charge in [-0.15, -0.1) is 20.2 Å². The Morgan fingerprint density at radius 3 is 1.50 bits per heavy atom. The van der Waals surface area contributed by atoms with E-state index in [-0.39, 0.29) is 13.2 Å². The molecular weight excluding hydrogens is 626 g/mol. The molecule has 0 aliphatic carbocycles. The van der Waals surface area contributed by atoms with Crippen LogP contribution < -0.4 is 4.90 Å². The van der Waals surface area contributed by atoms with E-state index >= 15 is 0 Å². The third-order valence-electron chi connectivity index (χ3n) is 4.57. The number of benzene rings is 1. The van der Waals surface area contributed by atoms with E-state index in [0.717, 1.165) is 30.4 Å². The maximum atomic E-state index is 9.55. The molecule has 1 aromatic carbocycles. The molecule has 0 amide bonds. The lowest BCUT2D eigenvalue weighted by Gasteiger charge is -2.24. The third kappa shape index (κ3) is 31.0. The molecular formula is C25H35N5O16. The number of anilines is 1. The van der Waals surface area contributed by atoms with E-state index in [1.807, 2.05) is 30.5 Å². The third-order valence-corrected chi connectivity index (χ3v) is 4.57. The minimum absolute atomic E-state index is 0.130. The van der Waals surface area contributed by atoms with E-state index in [1.165, 1.54) is 5.69 Å². The Kier molecular flexibility index (Phi) is 27.0. The van der Waals surface area contributed by atoms with Gasteiger partial charge in [0, 0.05) is 74.8 Å². The second-order valence-electron chi connectivity index (χ2n) is 7.91. The van der Waals surface area contributed by atoms with Crippen molar-refractivity contribution in [1.82, 2.24) is 9.88 Å². The molecule has 1 heterocycles. The minimum Gasteiger partial charge on any atom is -0.478 e. The van der Waals surface area contributed by atoms with Gasteiger partial charge in [0.25, 0.3) is 10.2 Å². The van der Waals surface area contributed by atoms with Crippen molar-refractivity contribution in [2.45, 2.75) is 6.42 Å². The Labute approximate surface area is 260 Å². The van der Waals surface area contributed by atoms with Crippen molar-refractivity contribution >= 4 is 40.5 Å². The van der Waals surface area contributed by atoms with Crippen molar-refractivity contribution in [1.29, 1.82) is 0 Å². The van der Waals surface area contributed by atoms with Crippen molar-refractivity contribution < 1.29 is 70.4 Å². The number of aliphatic hydroxyl groups is 2. The molecule has 0 atom stereocenters. The van der Waals surface area contributed by atoms with Gasteiger partial charge in [0.2, 0.25) is 0 Å². The zero-order chi connectivity index (χ0) is 36.1. The SMILES string of the molecule is CN(CCCN(CCO)CCO)c1ccnc2ccccc12.O=C(O)/C=C/C(=O)O.O=C(O)/C=C/C(=O)O.O=[N+]([O-])O.O=[N+]([O-])O. The van der Waals surface area contributed by atoms with E-state index in [0.29, 0.717) is 37.4 Å². The van der Waals surface area contributed by atoms with Gasteiger partial charge in [-0.05, 0) is 18.6 Å². The maximum absolute atomic E-state index is 9.55. The summed E-state index contributed by atoms with van der Waals surface area (Å²) in [5.74, 6) is -5.03. The Balaban J connectivity index is -0.000000632. The van der Waals surface area contributed by atoms with Gasteiger partial charge in [0.05, 0.1) is 18.7 Å². The number of aliphatic hydroxyl groups excluding tert-OH is 2. The normalized spacial score (nSPS) is 9.74. The lowest BCUT2D eigenvalue weighted by atomic mass is 10.1. The fourth-order valence-corrected chi connectivity index (χ4v) is 2.97. The number of fused-ring (bicyclic) bond motifs is 1. The highest BCUT2D eigenvalue weighted by molar-refractivity contribution is 5.91. The zero-order valence-corrected chi connectivity index (χ0v) is 24.3. The Morgan fingerprint density at radius 1 is 0.739 bits per heavy atom. The van der Waals surface area contributed by atoms with Gasteiger partial charge in [-0.3, -0.25) is 9.88 Å². The standard InChI is InChI=1S/C17H25N3O2.2C4H4O4.2HNO3/c1-19(9-4-10-20(11-13-21)12-14-22)17-7-8-18-16-6-3-2-5-15(16)17;2*5-3(6)1-2-4(7)8;2*2-1(3)4/h2-3,5-8,21-22H,4,9-14H2,1H3;2*1-2H,(H,5,6)(H,7,8);2*(H,2,3,4)/b;2*2-1+;;. The van der Waals surface area contributed by atoms with Crippen LogP contribution in [-0.4, -0.2) is 131 Å². The first-order chi connectivity index (χ1) is 21.5. The number of pyridine rings is 1. The molecule has 46 heavy (non-hydrogen) atoms. The molecule has 0 saturated heterocycles. The predicted molar refractivity (Wildman–Crippen MR) is 157 cm³/mol. The number of para-hydroxylation sites is 1. The molecule has 0 aliphatic heterocycles. The van der Waals surface area contributed by atoms with E-state index in [1.54, 1.807) is 0 Å². The molecule has 21 heteroatoms. The quantitative estimate of drug-likeness (QED) is 0.0799. The number of hydrogen-bond acceptors (Lipinski definition) is 13. The van der Waals surface area contributed by atoms with Crippen LogP contribution in [0.5, 0.6) is 0 Å². The van der Waals surface area contributed by atoms with Crippen molar-refractivity contribution in [2.24, 2.45) is 0 Å². The van der Waals surface area contributed by atoms with E-state index in [2.05, 4.69) is 27.9 Å². The van der Waals surface area contributed by atoms with Crippen LogP contribution in [0.2, 0.25) is 0 Å². The first kappa shape index (κ1) is 44.5. The number of carboxylic acid groups (broad SMARTS) is 4. The van der Waals surface area contributed by atoms with Gasteiger partial charge in [-0.1, -0.05) is 18.2 Å². The molecule has 256 valence electrons. The molecule has 0 bridgehead atoms. The molecule has 1 aromatic heterocycles. The molecule has 0 unspecified atom stereocenters. The highest BCUT2D eigenvalue weighted by atomic mass is 16.9. The van der Waals surface area contributed by atoms with Gasteiger partial charge in [0.15, 0.2) is 0 Å². The average molecular weight is 662 g/mol. The van der Waals surface area contributed by atoms with Crippen LogP contribution in [0.4, 0.5) is 5.69 Å². The molecule has 0 aliphatic rings. The summed E-state index contributed by atoms with van der Waals surface area (Å²) in [6.45, 7) is 3.27. The molecule has 0 spiro atoms. The highest BCUT2D eigenvalue weighted by Crippen LogP contribution is 2.24. The topological polar surface area (TPSA) is 336 Å². The van der Waals surface area contributed by atoms with Gasteiger partial charge < -0.3 is 46.0 Å². The van der Waals surface area contributed by atoms with Gasteiger partial charge in [-0.25, -0.2) is 19.2 Å². The van der Waals surface area contributed by atoms with Crippen LogP contribution in [-0.2, 0) is 19.2 Å². The summed E-state index contributed by atoms with van der Waals surface area (Å²) in [7, 11) is 2.09. The fourth-order valence-electron chi connectivity index (χ4n) is 2.97. The number of aromatic nitrogens is 1. The van der Waals surface area contributed by atoms with Crippen LogP contribution in [0.25, 0.3) is 10.9 Å². The van der Waals surface area contributed by atoms with E-state index in [9.17, 15) is 19.2 Å². The number of hydrogen-bond donors (Lipinski definition) is 8. The second-order valence-corrected chi connectivity index (χ2v) is 7.91. The molecule has 2 aromatic rings. The van der Waals surface area contributed by atoms with Crippen LogP contribution in [0, 0.1) is 20.2 Å². The van der Waals surface area contributed by atoms with Crippen molar-refractivity contribution in [3.05, 3.63) is 81.1 Å². The fraction of sp³-hybridized carbons (Fsp3) is 0.320. The lowest BCUT2D eigenvalue weighted by molar-refractivity contribution is -0.742. The number of nitrogens with zero attached hydrogens (tertiary/aromatic N) is 5. The molecule has 21 nitrogen and oxygen atoms in total. The molecule has 0 saturated carbocycles. The summed E-state index contributed by atoms with van der Waals surface area (Å²) in [6.07, 6.45) is 5.06. The van der Waals surface area contributed by atoms with Crippen LogP contribution in [0.15, 0.2) is 60.8 Å². The molecule has 2 rings (SSSR count). The lowest BCUT2D eigenvalue weighted by Crippen LogP contribution is -2.32. The second kappa shape index (κ2) is 27.9. The van der Waals surface area contributed by atoms with Crippen LogP contribution in [0.1, 0.15) is 6.42 Å². The summed E-state index contributed by atoms with van der Waals surface area (Å²) in [4.78, 5) is 63.6. The number of aliphatic carboxylic acids is 4. The largest absolute Gasteiger partial charge is 0.478 e. The van der Waals surface area contributed by atoms with Crippen molar-refractivity contribution in [3.63, 3.8) is 0 Å². The molecule has 0 radical (unpaired) electrons. The van der Waals surface area contributed by atoms with Crippen LogP contribution >= 0.6 is 0 Å². The monoisotopic (exact) mass is 661 g/mol. The summed E-state index contributed by atoms with van der Waals surface area (Å²) >= 11 is 0. The summed E-state index contributed by atoms with van der Waals surface area (Å²) < 4.78 is 0. The van der Waals surface area contributed by atoms with E-state index < -0.39 is 34.1 Å². The van der Waals surface area contributed by atoms with Crippen LogP contribution in [0.3, 0.4) is 0 Å². The first-order valence-electron chi connectivity index (χ1n) is 12.4. The van der Waals surface area contributed by atoms with E-state index in [4.69, 9.17) is 61.3 Å². The number of carboxylic acids is 4. The van der Waals surface area contributed by atoms with Gasteiger partial charge in [0.1, 0.15) is 0 Å². The predicted octanol–water partition coefficient (Wildman–Crippen LogP) is 0.0759. The number of carbonyl (C=O) groups is 4. The summed E-state index contributed by atoms with van der Waals surface area (Å²) in [6, 6.07) is 10.2. The number of rotatable bonds is 13. The maximum Gasteiger partial charge on any atom is 0.328 e. The van der Waals surface area contributed by atoms with Gasteiger partial charge in [-0.2, -0.15) is 0 Å².